The number of nitrogens with zero attached hydrogens (tertiary/aromatic N) is 2. The van der Waals surface area contributed by atoms with E-state index in [-0.39, 0.29) is 24.3 Å². The second-order valence-electron chi connectivity index (χ2n) is 5.74. The molecule has 1 fully saturated rings. The van der Waals surface area contributed by atoms with E-state index in [2.05, 4.69) is 15.6 Å². The molecule has 0 saturated carbocycles. The van der Waals surface area contributed by atoms with E-state index in [4.69, 9.17) is 4.74 Å². The summed E-state index contributed by atoms with van der Waals surface area (Å²) in [5, 5.41) is 5.60. The Labute approximate surface area is 146 Å². The molecular weight excluding hydrogens is 327 g/mol. The average molecular weight is 350 g/mol. The minimum absolute atomic E-state index is 0.0140. The predicted octanol–water partition coefficient (Wildman–Crippen LogP) is 1.22. The van der Waals surface area contributed by atoms with Gasteiger partial charge in [0.1, 0.15) is 5.82 Å². The third-order valence-corrected chi connectivity index (χ3v) is 4.06. The van der Waals surface area contributed by atoms with Crippen molar-refractivity contribution >= 4 is 23.5 Å². The van der Waals surface area contributed by atoms with Gasteiger partial charge in [-0.05, 0) is 31.0 Å². The van der Waals surface area contributed by atoms with E-state index in [1.807, 2.05) is 4.90 Å². The van der Waals surface area contributed by atoms with Crippen LogP contribution in [0.2, 0.25) is 0 Å². The number of likely N-dealkylation sites (tertiary alicyclic amines) is 1. The molecule has 0 bridgehead atoms. The molecule has 8 heteroatoms. The van der Waals surface area contributed by atoms with Crippen LogP contribution in [0, 0.1) is 11.7 Å². The van der Waals surface area contributed by atoms with Gasteiger partial charge in [-0.2, -0.15) is 0 Å². The van der Waals surface area contributed by atoms with Crippen LogP contribution in [0.4, 0.5) is 10.1 Å². The number of halogens is 1. The summed E-state index contributed by atoms with van der Waals surface area (Å²) in [4.78, 5) is 29.7. The summed E-state index contributed by atoms with van der Waals surface area (Å²) in [6, 6.07) is 5.72. The van der Waals surface area contributed by atoms with Crippen LogP contribution < -0.4 is 10.6 Å². The standard InChI is InChI=1S/C17H23FN4O3/c1-19-17(22-8-6-12(7-9-22)16(24)25-2)20-11-15(23)21-14-5-3-4-13(18)10-14/h3-5,10,12H,6-9,11H2,1-2H3,(H,19,20)(H,21,23). The van der Waals surface area contributed by atoms with Crippen molar-refractivity contribution in [1.29, 1.82) is 0 Å². The Kier molecular flexibility index (Phi) is 6.73. The fourth-order valence-corrected chi connectivity index (χ4v) is 2.76. The van der Waals surface area contributed by atoms with Gasteiger partial charge in [0.25, 0.3) is 0 Å². The van der Waals surface area contributed by atoms with Gasteiger partial charge in [0.2, 0.25) is 5.91 Å². The zero-order chi connectivity index (χ0) is 18.2. The molecule has 2 rings (SSSR count). The number of rotatable bonds is 4. The predicted molar refractivity (Wildman–Crippen MR) is 92.7 cm³/mol. The average Bonchev–Trinajstić information content (AvgIpc) is 2.62. The first-order valence-electron chi connectivity index (χ1n) is 8.12. The number of aliphatic imine (C=N–C) groups is 1. The second kappa shape index (κ2) is 9.00. The van der Waals surface area contributed by atoms with Crippen molar-refractivity contribution in [3.63, 3.8) is 0 Å². The molecule has 1 aliphatic heterocycles. The zero-order valence-electron chi connectivity index (χ0n) is 14.4. The van der Waals surface area contributed by atoms with Crippen molar-refractivity contribution in [3.8, 4) is 0 Å². The van der Waals surface area contributed by atoms with Gasteiger partial charge in [0.15, 0.2) is 5.96 Å². The van der Waals surface area contributed by atoms with Gasteiger partial charge < -0.3 is 20.3 Å². The number of methoxy groups -OCH3 is 1. The summed E-state index contributed by atoms with van der Waals surface area (Å²) in [6.45, 7) is 1.33. The fourth-order valence-electron chi connectivity index (χ4n) is 2.76. The Balaban J connectivity index is 1.80. The lowest BCUT2D eigenvalue weighted by Crippen LogP contribution is -2.48. The van der Waals surface area contributed by atoms with Crippen LogP contribution in [-0.4, -0.2) is 56.5 Å². The van der Waals surface area contributed by atoms with Crippen LogP contribution >= 0.6 is 0 Å². The smallest absolute Gasteiger partial charge is 0.308 e. The summed E-state index contributed by atoms with van der Waals surface area (Å²) >= 11 is 0. The molecule has 1 aliphatic rings. The maximum Gasteiger partial charge on any atom is 0.308 e. The zero-order valence-corrected chi connectivity index (χ0v) is 14.4. The Morgan fingerprint density at radius 1 is 1.36 bits per heavy atom. The van der Waals surface area contributed by atoms with Crippen molar-refractivity contribution < 1.29 is 18.7 Å². The minimum atomic E-state index is -0.407. The SMILES string of the molecule is CN=C(NCC(=O)Nc1cccc(F)c1)N1CCC(C(=O)OC)CC1. The van der Waals surface area contributed by atoms with Crippen LogP contribution in [0.5, 0.6) is 0 Å². The van der Waals surface area contributed by atoms with Crippen molar-refractivity contribution in [3.05, 3.63) is 30.1 Å². The highest BCUT2D eigenvalue weighted by Crippen LogP contribution is 2.18. The van der Waals surface area contributed by atoms with E-state index >= 15 is 0 Å². The molecule has 0 radical (unpaired) electrons. The number of benzene rings is 1. The topological polar surface area (TPSA) is 83.0 Å². The number of hydrogen-bond acceptors (Lipinski definition) is 4. The normalized spacial score (nSPS) is 15.6. The molecule has 0 spiro atoms. The molecule has 1 aromatic rings. The number of anilines is 1. The molecule has 0 aliphatic carbocycles. The molecule has 0 atom stereocenters. The lowest BCUT2D eigenvalue weighted by Gasteiger charge is -2.33. The van der Waals surface area contributed by atoms with E-state index in [9.17, 15) is 14.0 Å². The highest BCUT2D eigenvalue weighted by molar-refractivity contribution is 5.95. The van der Waals surface area contributed by atoms with Crippen LogP contribution in [0.25, 0.3) is 0 Å². The van der Waals surface area contributed by atoms with Crippen LogP contribution in [0.3, 0.4) is 0 Å². The van der Waals surface area contributed by atoms with Gasteiger partial charge in [-0.15, -0.1) is 0 Å². The van der Waals surface area contributed by atoms with E-state index < -0.39 is 5.82 Å². The first-order chi connectivity index (χ1) is 12.0. The Morgan fingerprint density at radius 2 is 2.08 bits per heavy atom. The maximum atomic E-state index is 13.1. The quantitative estimate of drug-likeness (QED) is 0.485. The molecule has 1 aromatic carbocycles. The molecule has 136 valence electrons. The largest absolute Gasteiger partial charge is 0.469 e. The summed E-state index contributed by atoms with van der Waals surface area (Å²) in [5.41, 5.74) is 0.403. The minimum Gasteiger partial charge on any atom is -0.469 e. The third kappa shape index (κ3) is 5.44. The molecule has 1 amide bonds. The van der Waals surface area contributed by atoms with Gasteiger partial charge in [-0.25, -0.2) is 4.39 Å². The number of hydrogen-bond donors (Lipinski definition) is 2. The second-order valence-corrected chi connectivity index (χ2v) is 5.74. The number of amides is 1. The number of ether oxygens (including phenoxy) is 1. The Morgan fingerprint density at radius 3 is 2.68 bits per heavy atom. The number of nitrogens with one attached hydrogen (secondary N) is 2. The lowest BCUT2D eigenvalue weighted by atomic mass is 9.97. The first kappa shape index (κ1) is 18.7. The van der Waals surface area contributed by atoms with Crippen molar-refractivity contribution in [1.82, 2.24) is 10.2 Å². The molecule has 0 aromatic heterocycles. The Hall–Kier alpha value is -2.64. The van der Waals surface area contributed by atoms with Crippen LogP contribution in [0.1, 0.15) is 12.8 Å². The first-order valence-corrected chi connectivity index (χ1v) is 8.12. The van der Waals surface area contributed by atoms with Crippen molar-refractivity contribution in [2.24, 2.45) is 10.9 Å². The van der Waals surface area contributed by atoms with E-state index in [1.165, 1.54) is 25.3 Å². The number of carbonyl (C=O) groups is 2. The van der Waals surface area contributed by atoms with Crippen molar-refractivity contribution in [2.75, 3.05) is 39.1 Å². The third-order valence-electron chi connectivity index (χ3n) is 4.06. The highest BCUT2D eigenvalue weighted by atomic mass is 19.1. The van der Waals surface area contributed by atoms with E-state index in [0.29, 0.717) is 37.6 Å². The molecular formula is C17H23FN4O3. The van der Waals surface area contributed by atoms with Gasteiger partial charge in [0, 0.05) is 25.8 Å². The summed E-state index contributed by atoms with van der Waals surface area (Å²) in [5.74, 6) is -0.378. The fraction of sp³-hybridized carbons (Fsp3) is 0.471. The highest BCUT2D eigenvalue weighted by Gasteiger charge is 2.27. The summed E-state index contributed by atoms with van der Waals surface area (Å²) < 4.78 is 17.9. The van der Waals surface area contributed by atoms with E-state index in [1.54, 1.807) is 13.1 Å². The Bertz CT molecular complexity index is 643. The molecule has 0 unspecified atom stereocenters. The van der Waals surface area contributed by atoms with Crippen LogP contribution in [0.15, 0.2) is 29.3 Å². The number of piperidine rings is 1. The summed E-state index contributed by atoms with van der Waals surface area (Å²) in [7, 11) is 3.03. The monoisotopic (exact) mass is 350 g/mol. The molecule has 2 N–H and O–H groups in total. The van der Waals surface area contributed by atoms with Gasteiger partial charge in [-0.1, -0.05) is 6.07 Å². The number of carbonyl (C=O) groups excluding carboxylic acids is 2. The molecule has 1 saturated heterocycles. The van der Waals surface area contributed by atoms with Gasteiger partial charge in [-0.3, -0.25) is 14.6 Å². The van der Waals surface area contributed by atoms with Crippen LogP contribution in [-0.2, 0) is 14.3 Å². The van der Waals surface area contributed by atoms with Gasteiger partial charge in [0.05, 0.1) is 19.6 Å². The number of esters is 1. The maximum absolute atomic E-state index is 13.1. The molecule has 7 nitrogen and oxygen atoms in total. The van der Waals surface area contributed by atoms with Crippen molar-refractivity contribution in [2.45, 2.75) is 12.8 Å². The molecule has 1 heterocycles. The van der Waals surface area contributed by atoms with Gasteiger partial charge >= 0.3 is 5.97 Å². The summed E-state index contributed by atoms with van der Waals surface area (Å²) in [6.07, 6.45) is 1.37. The lowest BCUT2D eigenvalue weighted by molar-refractivity contribution is -0.146. The van der Waals surface area contributed by atoms with E-state index in [0.717, 1.165) is 0 Å². The number of guanidine groups is 1. The molecule has 25 heavy (non-hydrogen) atoms.